The molecule has 0 saturated carbocycles. The number of amides is 1. The number of nitrogens with one attached hydrogen (secondary N) is 1. The van der Waals surface area contributed by atoms with E-state index in [2.05, 4.69) is 11.3 Å². The number of carboxylic acid groups (broad SMARTS) is 1. The van der Waals surface area contributed by atoms with Gasteiger partial charge in [0.15, 0.2) is 17.5 Å². The van der Waals surface area contributed by atoms with Crippen molar-refractivity contribution >= 4 is 17.8 Å². The number of esters is 1. The third-order valence-electron chi connectivity index (χ3n) is 2.51. The van der Waals surface area contributed by atoms with Gasteiger partial charge in [0, 0.05) is 0 Å². The summed E-state index contributed by atoms with van der Waals surface area (Å²) in [5.41, 5.74) is 4.31. The molecule has 1 rings (SSSR count). The maximum absolute atomic E-state index is 11.9. The molecule has 1 aromatic carbocycles. The molecule has 9 heteroatoms. The molecule has 0 saturated heterocycles. The number of phenolic OH excluding ortho intramolecular Hbond substituents is 2. The van der Waals surface area contributed by atoms with E-state index in [0.29, 0.717) is 0 Å². The van der Waals surface area contributed by atoms with E-state index >= 15 is 0 Å². The molecule has 22 heavy (non-hydrogen) atoms. The quantitative estimate of drug-likeness (QED) is 0.262. The van der Waals surface area contributed by atoms with Crippen LogP contribution in [0.15, 0.2) is 30.5 Å². The molecule has 0 fully saturated rings. The number of ether oxygens (including phenoxy) is 1. The number of benzene rings is 1. The SMILES string of the molecule is C=C(N)C(=O)OCC(NC(=O)c1cccc(O)c1O)C(=O)O. The summed E-state index contributed by atoms with van der Waals surface area (Å²) >= 11 is 0. The van der Waals surface area contributed by atoms with E-state index < -0.39 is 47.7 Å². The molecule has 0 aliphatic carbocycles. The summed E-state index contributed by atoms with van der Waals surface area (Å²) in [7, 11) is 0. The Labute approximate surface area is 124 Å². The van der Waals surface area contributed by atoms with Crippen LogP contribution in [0.4, 0.5) is 0 Å². The largest absolute Gasteiger partial charge is 0.504 e. The fraction of sp³-hybridized carbons (Fsp3) is 0.154. The van der Waals surface area contributed by atoms with Crippen LogP contribution in [0.25, 0.3) is 0 Å². The second kappa shape index (κ2) is 6.97. The number of carboxylic acids is 1. The van der Waals surface area contributed by atoms with Crippen LogP contribution < -0.4 is 11.1 Å². The molecular weight excluding hydrogens is 296 g/mol. The Kier molecular flexibility index (Phi) is 5.33. The summed E-state index contributed by atoms with van der Waals surface area (Å²) in [4.78, 5) is 34.0. The average molecular weight is 310 g/mol. The van der Waals surface area contributed by atoms with Crippen molar-refractivity contribution in [1.82, 2.24) is 5.32 Å². The molecule has 0 bridgehead atoms. The van der Waals surface area contributed by atoms with Crippen LogP contribution in [0.3, 0.4) is 0 Å². The number of hydrogen-bond acceptors (Lipinski definition) is 7. The number of carbonyl (C=O) groups is 3. The summed E-state index contributed by atoms with van der Waals surface area (Å²) in [6.07, 6.45) is 0. The number of nitrogens with two attached hydrogens (primary N) is 1. The van der Waals surface area contributed by atoms with Crippen LogP contribution in [0.1, 0.15) is 10.4 Å². The molecule has 0 aromatic heterocycles. The summed E-state index contributed by atoms with van der Waals surface area (Å²) in [5, 5.41) is 29.8. The lowest BCUT2D eigenvalue weighted by atomic mass is 10.1. The van der Waals surface area contributed by atoms with Crippen molar-refractivity contribution in [2.24, 2.45) is 5.73 Å². The van der Waals surface area contributed by atoms with Gasteiger partial charge in [0.2, 0.25) is 0 Å². The first-order chi connectivity index (χ1) is 10.2. The Morgan fingerprint density at radius 2 is 1.95 bits per heavy atom. The first-order valence-electron chi connectivity index (χ1n) is 5.90. The number of aliphatic carboxylic acids is 1. The van der Waals surface area contributed by atoms with Crippen molar-refractivity contribution in [3.8, 4) is 11.5 Å². The van der Waals surface area contributed by atoms with Crippen molar-refractivity contribution in [3.05, 3.63) is 36.0 Å². The van der Waals surface area contributed by atoms with Crippen LogP contribution in [0.2, 0.25) is 0 Å². The number of phenols is 2. The van der Waals surface area contributed by atoms with Crippen LogP contribution >= 0.6 is 0 Å². The van der Waals surface area contributed by atoms with E-state index in [1.54, 1.807) is 0 Å². The van der Waals surface area contributed by atoms with E-state index in [4.69, 9.17) is 10.8 Å². The summed E-state index contributed by atoms with van der Waals surface area (Å²) in [5.74, 6) is -4.69. The standard InChI is InChI=1S/C13H14N2O7/c1-6(14)13(21)22-5-8(12(19)20)15-11(18)7-3-2-4-9(16)10(7)17/h2-4,8,16-17H,1,5,14H2,(H,15,18)(H,19,20). The summed E-state index contributed by atoms with van der Waals surface area (Å²) < 4.78 is 4.55. The van der Waals surface area contributed by atoms with Gasteiger partial charge >= 0.3 is 11.9 Å². The zero-order chi connectivity index (χ0) is 16.9. The fourth-order valence-electron chi connectivity index (χ4n) is 1.38. The van der Waals surface area contributed by atoms with Gasteiger partial charge in [-0.2, -0.15) is 0 Å². The van der Waals surface area contributed by atoms with Gasteiger partial charge in [-0.1, -0.05) is 12.6 Å². The number of hydrogen-bond donors (Lipinski definition) is 5. The molecule has 9 nitrogen and oxygen atoms in total. The highest BCUT2D eigenvalue weighted by Gasteiger charge is 2.24. The molecule has 0 spiro atoms. The molecule has 118 valence electrons. The molecule has 0 aliphatic heterocycles. The highest BCUT2D eigenvalue weighted by Crippen LogP contribution is 2.27. The minimum absolute atomic E-state index is 0.333. The van der Waals surface area contributed by atoms with Gasteiger partial charge in [0.25, 0.3) is 5.91 Å². The monoisotopic (exact) mass is 310 g/mol. The zero-order valence-electron chi connectivity index (χ0n) is 11.3. The van der Waals surface area contributed by atoms with Crippen LogP contribution in [0, 0.1) is 0 Å². The van der Waals surface area contributed by atoms with Crippen molar-refractivity contribution in [3.63, 3.8) is 0 Å². The summed E-state index contributed by atoms with van der Waals surface area (Å²) in [6.45, 7) is 2.43. The number of para-hydroxylation sites is 1. The van der Waals surface area contributed by atoms with Gasteiger partial charge in [-0.3, -0.25) is 4.79 Å². The second-order valence-corrected chi connectivity index (χ2v) is 4.16. The number of rotatable bonds is 6. The van der Waals surface area contributed by atoms with E-state index in [1.165, 1.54) is 12.1 Å². The first kappa shape index (κ1) is 16.8. The Hall–Kier alpha value is -3.23. The van der Waals surface area contributed by atoms with Crippen LogP contribution in [-0.2, 0) is 14.3 Å². The predicted molar refractivity (Wildman–Crippen MR) is 72.9 cm³/mol. The van der Waals surface area contributed by atoms with Crippen molar-refractivity contribution in [2.75, 3.05) is 6.61 Å². The van der Waals surface area contributed by atoms with Crippen molar-refractivity contribution < 1.29 is 34.4 Å². The molecule has 1 amide bonds. The predicted octanol–water partition coefficient (Wildman–Crippen LogP) is -0.704. The summed E-state index contributed by atoms with van der Waals surface area (Å²) in [6, 6.07) is 2.04. The normalized spacial score (nSPS) is 11.3. The lowest BCUT2D eigenvalue weighted by molar-refractivity contribution is -0.145. The fourth-order valence-corrected chi connectivity index (χ4v) is 1.38. The van der Waals surface area contributed by atoms with Crippen molar-refractivity contribution in [2.45, 2.75) is 6.04 Å². The molecule has 1 aromatic rings. The average Bonchev–Trinajstić information content (AvgIpc) is 2.45. The molecule has 6 N–H and O–H groups in total. The molecule has 1 atom stereocenters. The van der Waals surface area contributed by atoms with Gasteiger partial charge in [-0.25, -0.2) is 9.59 Å². The minimum atomic E-state index is -1.57. The Balaban J connectivity index is 2.80. The Morgan fingerprint density at radius 1 is 1.32 bits per heavy atom. The van der Waals surface area contributed by atoms with Gasteiger partial charge in [0.05, 0.1) is 5.56 Å². The zero-order valence-corrected chi connectivity index (χ0v) is 11.3. The third-order valence-corrected chi connectivity index (χ3v) is 2.51. The van der Waals surface area contributed by atoms with Gasteiger partial charge in [-0.15, -0.1) is 0 Å². The van der Waals surface area contributed by atoms with Crippen LogP contribution in [-0.4, -0.2) is 45.8 Å². The maximum atomic E-state index is 11.9. The highest BCUT2D eigenvalue weighted by molar-refractivity contribution is 5.99. The minimum Gasteiger partial charge on any atom is -0.504 e. The first-order valence-corrected chi connectivity index (χ1v) is 5.90. The molecule has 0 aliphatic rings. The Morgan fingerprint density at radius 3 is 2.50 bits per heavy atom. The Bertz CT molecular complexity index is 627. The van der Waals surface area contributed by atoms with E-state index in [1.807, 2.05) is 5.32 Å². The van der Waals surface area contributed by atoms with E-state index in [-0.39, 0.29) is 5.56 Å². The van der Waals surface area contributed by atoms with Gasteiger partial charge < -0.3 is 31.1 Å². The number of aromatic hydroxyl groups is 2. The number of carbonyl (C=O) groups excluding carboxylic acids is 2. The van der Waals surface area contributed by atoms with Gasteiger partial charge in [-0.05, 0) is 12.1 Å². The molecular formula is C13H14N2O7. The second-order valence-electron chi connectivity index (χ2n) is 4.16. The lowest BCUT2D eigenvalue weighted by Gasteiger charge is -2.15. The molecule has 0 heterocycles. The van der Waals surface area contributed by atoms with Crippen LogP contribution in [0.5, 0.6) is 11.5 Å². The smallest absolute Gasteiger partial charge is 0.353 e. The maximum Gasteiger partial charge on any atom is 0.353 e. The topological polar surface area (TPSA) is 159 Å². The highest BCUT2D eigenvalue weighted by atomic mass is 16.5. The molecule has 0 radical (unpaired) electrons. The molecule has 1 unspecified atom stereocenters. The third kappa shape index (κ3) is 4.13. The van der Waals surface area contributed by atoms with Crippen molar-refractivity contribution in [1.29, 1.82) is 0 Å². The van der Waals surface area contributed by atoms with E-state index in [9.17, 15) is 24.6 Å². The van der Waals surface area contributed by atoms with Gasteiger partial charge in [0.1, 0.15) is 12.3 Å². The van der Waals surface area contributed by atoms with E-state index in [0.717, 1.165) is 6.07 Å². The lowest BCUT2D eigenvalue weighted by Crippen LogP contribution is -2.44.